The predicted molar refractivity (Wildman–Crippen MR) is 136 cm³/mol. The molecule has 1 aromatic carbocycles. The molecule has 3 aliphatic heterocycles. The second-order valence-electron chi connectivity index (χ2n) is 9.38. The predicted octanol–water partition coefficient (Wildman–Crippen LogP) is 1.87. The molecule has 2 aromatic rings. The Hall–Kier alpha value is -3.54. The smallest absolute Gasteiger partial charge is 0.256 e. The first-order chi connectivity index (χ1) is 17.9. The molecule has 11 heteroatoms. The standard InChI is InChI=1S/C26H30FN5O5/c1-15-20(28-19-3-4-32(26(35)24(15)19)6-5-31-7-9-37-10-8-31)12-17-16-11-18(27)22(29-23(33)14-36-2)13-21(16)30-25(17)34/h11-13,28H,3-10,14H2,1-2H3,(H,29,33)(H,30,34). The van der Waals surface area contributed by atoms with E-state index in [0.29, 0.717) is 42.0 Å². The van der Waals surface area contributed by atoms with Crippen molar-refractivity contribution in [1.29, 1.82) is 0 Å². The molecule has 0 unspecified atom stereocenters. The zero-order valence-electron chi connectivity index (χ0n) is 20.9. The number of morpholine rings is 1. The molecule has 0 bridgehead atoms. The molecule has 4 heterocycles. The number of anilines is 2. The summed E-state index contributed by atoms with van der Waals surface area (Å²) in [5, 5.41) is 5.16. The molecule has 0 aliphatic carbocycles. The van der Waals surface area contributed by atoms with E-state index in [4.69, 9.17) is 9.47 Å². The number of methoxy groups -OCH3 is 1. The lowest BCUT2D eigenvalue weighted by Gasteiger charge is -2.32. The van der Waals surface area contributed by atoms with Gasteiger partial charge in [-0.1, -0.05) is 0 Å². The number of aromatic nitrogens is 1. The Morgan fingerprint density at radius 1 is 1.22 bits per heavy atom. The van der Waals surface area contributed by atoms with Gasteiger partial charge >= 0.3 is 0 Å². The maximum absolute atomic E-state index is 14.8. The summed E-state index contributed by atoms with van der Waals surface area (Å²) in [6.45, 7) is 6.91. The maximum atomic E-state index is 14.8. The number of H-pyrrole nitrogens is 1. The zero-order valence-corrected chi connectivity index (χ0v) is 20.9. The van der Waals surface area contributed by atoms with Crippen molar-refractivity contribution in [2.75, 3.05) is 70.3 Å². The molecule has 0 radical (unpaired) electrons. The van der Waals surface area contributed by atoms with Crippen LogP contribution < -0.4 is 10.6 Å². The van der Waals surface area contributed by atoms with Gasteiger partial charge in [0.15, 0.2) is 0 Å². The van der Waals surface area contributed by atoms with Crippen LogP contribution in [0.25, 0.3) is 11.6 Å². The van der Waals surface area contributed by atoms with E-state index >= 15 is 0 Å². The lowest BCUT2D eigenvalue weighted by molar-refractivity contribution is -0.119. The van der Waals surface area contributed by atoms with Crippen LogP contribution in [0.3, 0.4) is 0 Å². The van der Waals surface area contributed by atoms with E-state index in [-0.39, 0.29) is 29.7 Å². The van der Waals surface area contributed by atoms with Crippen LogP contribution in [-0.4, -0.2) is 92.2 Å². The summed E-state index contributed by atoms with van der Waals surface area (Å²) in [4.78, 5) is 45.4. The van der Waals surface area contributed by atoms with Crippen molar-refractivity contribution in [1.82, 2.24) is 14.8 Å². The number of benzene rings is 1. The molecule has 1 fully saturated rings. The molecular formula is C26H30FN5O5. The molecule has 37 heavy (non-hydrogen) atoms. The first-order valence-corrected chi connectivity index (χ1v) is 12.3. The molecule has 1 aromatic heterocycles. The fraction of sp³-hybridized carbons (Fsp3) is 0.423. The van der Waals surface area contributed by atoms with Gasteiger partial charge in [-0.2, -0.15) is 0 Å². The van der Waals surface area contributed by atoms with Gasteiger partial charge in [-0.05, 0) is 30.7 Å². The second-order valence-corrected chi connectivity index (χ2v) is 9.38. The molecule has 0 spiro atoms. The Balaban J connectivity index is 1.37. The third-order valence-corrected chi connectivity index (χ3v) is 7.02. The van der Waals surface area contributed by atoms with E-state index in [9.17, 15) is 18.8 Å². The summed E-state index contributed by atoms with van der Waals surface area (Å²) < 4.78 is 24.9. The minimum absolute atomic E-state index is 0.0216. The molecule has 10 nitrogen and oxygen atoms in total. The topological polar surface area (TPSA) is 116 Å². The Bertz CT molecular complexity index is 1280. The number of rotatable bonds is 7. The Labute approximate surface area is 213 Å². The van der Waals surface area contributed by atoms with Crippen LogP contribution in [-0.2, 0) is 25.5 Å². The van der Waals surface area contributed by atoms with Gasteiger partial charge in [0.2, 0.25) is 5.91 Å². The molecule has 3 N–H and O–H groups in total. The Kier molecular flexibility index (Phi) is 7.09. The number of fused-ring (bicyclic) bond motifs is 2. The van der Waals surface area contributed by atoms with Gasteiger partial charge in [0, 0.05) is 63.2 Å². The van der Waals surface area contributed by atoms with E-state index < -0.39 is 11.7 Å². The number of aromatic amines is 1. The van der Waals surface area contributed by atoms with Gasteiger partial charge in [-0.3, -0.25) is 19.3 Å². The highest BCUT2D eigenvalue weighted by Crippen LogP contribution is 2.37. The lowest BCUT2D eigenvalue weighted by atomic mass is 10.0. The van der Waals surface area contributed by atoms with Crippen molar-refractivity contribution in [2.45, 2.75) is 13.3 Å². The summed E-state index contributed by atoms with van der Waals surface area (Å²) in [6.07, 6.45) is 2.35. The van der Waals surface area contributed by atoms with Crippen molar-refractivity contribution < 1.29 is 28.2 Å². The fourth-order valence-electron chi connectivity index (χ4n) is 5.02. The van der Waals surface area contributed by atoms with E-state index in [2.05, 4.69) is 20.5 Å². The Morgan fingerprint density at radius 2 is 2.00 bits per heavy atom. The van der Waals surface area contributed by atoms with Crippen molar-refractivity contribution >= 4 is 40.7 Å². The van der Waals surface area contributed by atoms with Crippen molar-refractivity contribution in [3.63, 3.8) is 0 Å². The number of nitrogens with zero attached hydrogens (tertiary/aromatic N) is 2. The van der Waals surface area contributed by atoms with Gasteiger partial charge in [0.1, 0.15) is 12.4 Å². The van der Waals surface area contributed by atoms with Crippen molar-refractivity contribution in [3.05, 3.63) is 46.0 Å². The number of halogens is 1. The normalized spacial score (nSPS) is 18.7. The summed E-state index contributed by atoms with van der Waals surface area (Å²) in [6, 6.07) is 2.61. The van der Waals surface area contributed by atoms with Crippen LogP contribution in [0.1, 0.15) is 32.9 Å². The highest BCUT2D eigenvalue weighted by Gasteiger charge is 2.31. The third-order valence-electron chi connectivity index (χ3n) is 7.02. The van der Waals surface area contributed by atoms with Crippen molar-refractivity contribution in [2.24, 2.45) is 0 Å². The van der Waals surface area contributed by atoms with Gasteiger partial charge in [0.05, 0.1) is 35.7 Å². The van der Waals surface area contributed by atoms with Crippen LogP contribution in [0, 0.1) is 12.7 Å². The van der Waals surface area contributed by atoms with Crippen LogP contribution >= 0.6 is 0 Å². The second kappa shape index (κ2) is 10.4. The van der Waals surface area contributed by atoms with Crippen LogP contribution in [0.5, 0.6) is 0 Å². The third kappa shape index (κ3) is 5.02. The quantitative estimate of drug-likeness (QED) is 0.489. The number of hydrogen-bond donors (Lipinski definition) is 3. The summed E-state index contributed by atoms with van der Waals surface area (Å²) in [5.74, 6) is -1.58. The summed E-state index contributed by atoms with van der Waals surface area (Å²) in [7, 11) is 1.37. The maximum Gasteiger partial charge on any atom is 0.256 e. The van der Waals surface area contributed by atoms with E-state index in [1.165, 1.54) is 19.2 Å². The van der Waals surface area contributed by atoms with Crippen LogP contribution in [0.4, 0.5) is 15.8 Å². The van der Waals surface area contributed by atoms with Gasteiger partial charge in [-0.25, -0.2) is 4.39 Å². The molecule has 0 saturated carbocycles. The Morgan fingerprint density at radius 3 is 2.76 bits per heavy atom. The van der Waals surface area contributed by atoms with Crippen LogP contribution in [0.15, 0.2) is 12.1 Å². The number of amides is 3. The number of carbonyl (C=O) groups excluding carboxylic acids is 3. The SMILES string of the molecule is COCC(=O)Nc1cc2c(cc1F)C(=Cc1[nH]c3c(c1C)C(=O)N(CCN1CCOCC1)CC3)C(=O)N2. The molecule has 196 valence electrons. The molecule has 3 amide bonds. The van der Waals surface area contributed by atoms with Gasteiger partial charge < -0.3 is 30.0 Å². The monoisotopic (exact) mass is 511 g/mol. The molecule has 3 aliphatic rings. The molecule has 1 saturated heterocycles. The molecular weight excluding hydrogens is 481 g/mol. The molecule has 5 rings (SSSR count). The largest absolute Gasteiger partial charge is 0.379 e. The van der Waals surface area contributed by atoms with Crippen molar-refractivity contribution in [3.8, 4) is 0 Å². The summed E-state index contributed by atoms with van der Waals surface area (Å²) in [5.41, 5.74) is 3.90. The van der Waals surface area contributed by atoms with E-state index in [1.807, 2.05) is 11.8 Å². The highest BCUT2D eigenvalue weighted by atomic mass is 19.1. The number of hydrogen-bond acceptors (Lipinski definition) is 6. The fourth-order valence-corrected chi connectivity index (χ4v) is 5.02. The highest BCUT2D eigenvalue weighted by molar-refractivity contribution is 6.35. The van der Waals surface area contributed by atoms with Crippen LogP contribution in [0.2, 0.25) is 0 Å². The first-order valence-electron chi connectivity index (χ1n) is 12.3. The average molecular weight is 512 g/mol. The minimum Gasteiger partial charge on any atom is -0.379 e. The molecule has 0 atom stereocenters. The zero-order chi connectivity index (χ0) is 26.1. The van der Waals surface area contributed by atoms with Gasteiger partial charge in [-0.15, -0.1) is 0 Å². The number of carbonyl (C=O) groups is 3. The number of ether oxygens (including phenoxy) is 2. The summed E-state index contributed by atoms with van der Waals surface area (Å²) >= 11 is 0. The van der Waals surface area contributed by atoms with E-state index in [1.54, 1.807) is 6.08 Å². The number of nitrogens with one attached hydrogen (secondary N) is 3. The van der Waals surface area contributed by atoms with E-state index in [0.717, 1.165) is 44.1 Å². The van der Waals surface area contributed by atoms with Gasteiger partial charge in [0.25, 0.3) is 11.8 Å². The average Bonchev–Trinajstić information content (AvgIpc) is 3.35. The lowest BCUT2D eigenvalue weighted by Crippen LogP contribution is -2.45. The minimum atomic E-state index is -0.667. The first kappa shape index (κ1) is 25.1.